The van der Waals surface area contributed by atoms with E-state index in [4.69, 9.17) is 23.2 Å². The Bertz CT molecular complexity index is 1120. The van der Waals surface area contributed by atoms with Crippen LogP contribution < -0.4 is 0 Å². The van der Waals surface area contributed by atoms with Crippen LogP contribution in [-0.2, 0) is 17.1 Å². The molecule has 0 aromatic heterocycles. The number of amides is 2. The molecule has 2 aromatic rings. The first kappa shape index (κ1) is 28.1. The van der Waals surface area contributed by atoms with Gasteiger partial charge in [-0.1, -0.05) is 29.3 Å². The van der Waals surface area contributed by atoms with E-state index in [1.807, 2.05) is 0 Å². The molecule has 0 saturated carbocycles. The van der Waals surface area contributed by atoms with Crippen LogP contribution in [0.25, 0.3) is 0 Å². The quantitative estimate of drug-likeness (QED) is 0.507. The van der Waals surface area contributed by atoms with Gasteiger partial charge in [0.15, 0.2) is 0 Å². The van der Waals surface area contributed by atoms with E-state index in [0.717, 1.165) is 4.90 Å². The highest BCUT2D eigenvalue weighted by Crippen LogP contribution is 2.38. The van der Waals surface area contributed by atoms with E-state index >= 15 is 0 Å². The van der Waals surface area contributed by atoms with E-state index in [1.165, 1.54) is 24.1 Å². The van der Waals surface area contributed by atoms with Crippen molar-refractivity contribution in [3.05, 3.63) is 68.7 Å². The van der Waals surface area contributed by atoms with Gasteiger partial charge < -0.3 is 14.9 Å². The fraction of sp³-hybridized carbons (Fsp3) is 0.391. The summed E-state index contributed by atoms with van der Waals surface area (Å²) >= 11 is 12.1. The number of carbonyl (C=O) groups excluding carboxylic acids is 2. The third-order valence-corrected chi connectivity index (χ3v) is 6.83. The Hall–Kier alpha value is -2.50. The molecule has 0 bridgehead atoms. The topological polar surface area (TPSA) is 60.9 Å². The Labute approximate surface area is 212 Å². The zero-order valence-electron chi connectivity index (χ0n) is 18.6. The smallest absolute Gasteiger partial charge is 0.387 e. The third-order valence-electron chi connectivity index (χ3n) is 6.09. The van der Waals surface area contributed by atoms with Gasteiger partial charge in [-0.05, 0) is 42.3 Å². The fourth-order valence-electron chi connectivity index (χ4n) is 4.23. The van der Waals surface area contributed by atoms with Gasteiger partial charge in [-0.15, -0.1) is 0 Å². The molecule has 1 heterocycles. The van der Waals surface area contributed by atoms with Crippen LogP contribution in [0.4, 0.5) is 26.3 Å². The summed E-state index contributed by atoms with van der Waals surface area (Å²) in [7, 11) is 1.27. The number of nitrogens with zero attached hydrogens (tertiary/aromatic N) is 2. The van der Waals surface area contributed by atoms with Gasteiger partial charge in [0.2, 0.25) is 5.91 Å². The number of hydrogen-bond acceptors (Lipinski definition) is 3. The summed E-state index contributed by atoms with van der Waals surface area (Å²) in [4.78, 5) is 27.7. The monoisotopic (exact) mass is 556 g/mol. The molecular weight excluding hydrogens is 537 g/mol. The van der Waals surface area contributed by atoms with Crippen LogP contribution in [-0.4, -0.2) is 59.5 Å². The number of aliphatic hydroxyl groups is 1. The number of carbonyl (C=O) groups is 2. The molecule has 36 heavy (non-hydrogen) atoms. The third kappa shape index (κ3) is 6.07. The summed E-state index contributed by atoms with van der Waals surface area (Å²) < 4.78 is 79.7. The SMILES string of the molecule is CN(C(=O)c1cc(C(F)(F)F)cc(C(F)(F)F)c1)[C@@H]1CCN(C(=O)CO)C[C@H]1c1ccc(Cl)c(Cl)c1. The second kappa shape index (κ2) is 10.5. The number of hydrogen-bond donors (Lipinski definition) is 1. The molecule has 13 heteroatoms. The lowest BCUT2D eigenvalue weighted by Crippen LogP contribution is -2.52. The van der Waals surface area contributed by atoms with Crippen molar-refractivity contribution in [1.82, 2.24) is 9.80 Å². The molecule has 2 atom stereocenters. The highest BCUT2D eigenvalue weighted by atomic mass is 35.5. The molecule has 0 radical (unpaired) electrons. The average Bonchev–Trinajstić information content (AvgIpc) is 2.82. The maximum Gasteiger partial charge on any atom is 0.416 e. The van der Waals surface area contributed by atoms with Gasteiger partial charge in [0.05, 0.1) is 21.2 Å². The number of likely N-dealkylation sites (tertiary alicyclic amines) is 1. The molecule has 0 unspecified atom stereocenters. The van der Waals surface area contributed by atoms with Gasteiger partial charge in [-0.2, -0.15) is 26.3 Å². The molecule has 0 spiro atoms. The lowest BCUT2D eigenvalue weighted by atomic mass is 9.84. The number of halogens is 8. The van der Waals surface area contributed by atoms with Crippen LogP contribution in [0.5, 0.6) is 0 Å². The normalized spacial score (nSPS) is 18.8. The maximum absolute atomic E-state index is 13.3. The molecule has 3 rings (SSSR count). The zero-order valence-corrected chi connectivity index (χ0v) is 20.1. The average molecular weight is 557 g/mol. The van der Waals surface area contributed by atoms with Gasteiger partial charge in [-0.25, -0.2) is 0 Å². The predicted molar refractivity (Wildman–Crippen MR) is 120 cm³/mol. The Morgan fingerprint density at radius 3 is 2.08 bits per heavy atom. The van der Waals surface area contributed by atoms with Crippen molar-refractivity contribution in [2.24, 2.45) is 0 Å². The first-order chi connectivity index (χ1) is 16.6. The maximum atomic E-state index is 13.3. The lowest BCUT2D eigenvalue weighted by molar-refractivity contribution is -0.143. The minimum Gasteiger partial charge on any atom is -0.387 e. The second-order valence-corrected chi connectivity index (χ2v) is 9.16. The van der Waals surface area contributed by atoms with Crippen molar-refractivity contribution in [2.45, 2.75) is 30.7 Å². The van der Waals surface area contributed by atoms with Gasteiger partial charge in [-0.3, -0.25) is 9.59 Å². The van der Waals surface area contributed by atoms with E-state index in [0.29, 0.717) is 17.7 Å². The largest absolute Gasteiger partial charge is 0.416 e. The summed E-state index contributed by atoms with van der Waals surface area (Å²) in [6, 6.07) is 4.60. The van der Waals surface area contributed by atoms with Crippen molar-refractivity contribution in [3.63, 3.8) is 0 Å². The summed E-state index contributed by atoms with van der Waals surface area (Å²) in [6.45, 7) is -0.621. The van der Waals surface area contributed by atoms with Gasteiger partial charge in [0, 0.05) is 37.7 Å². The van der Waals surface area contributed by atoms with Crippen molar-refractivity contribution in [1.29, 1.82) is 0 Å². The highest BCUT2D eigenvalue weighted by Gasteiger charge is 2.40. The molecule has 1 N–H and O–H groups in total. The minimum absolute atomic E-state index is 0.0238. The molecule has 0 aliphatic carbocycles. The fourth-order valence-corrected chi connectivity index (χ4v) is 4.54. The molecule has 1 aliphatic heterocycles. The van der Waals surface area contributed by atoms with E-state index in [2.05, 4.69) is 0 Å². The van der Waals surface area contributed by atoms with Gasteiger partial charge in [0.1, 0.15) is 6.61 Å². The second-order valence-electron chi connectivity index (χ2n) is 8.34. The number of rotatable bonds is 4. The molecule has 1 fully saturated rings. The molecule has 2 aromatic carbocycles. The molecular formula is C23H20Cl2F6N2O3. The Morgan fingerprint density at radius 1 is 1.00 bits per heavy atom. The van der Waals surface area contributed by atoms with Crippen molar-refractivity contribution in [3.8, 4) is 0 Å². The first-order valence-corrected chi connectivity index (χ1v) is 11.3. The van der Waals surface area contributed by atoms with Crippen molar-refractivity contribution < 1.29 is 41.0 Å². The van der Waals surface area contributed by atoms with Gasteiger partial charge in [0.25, 0.3) is 5.91 Å². The predicted octanol–water partition coefficient (Wildman–Crippen LogP) is 5.48. The highest BCUT2D eigenvalue weighted by molar-refractivity contribution is 6.42. The number of piperidine rings is 1. The molecule has 2 amide bonds. The molecule has 1 saturated heterocycles. The Balaban J connectivity index is 2.02. The van der Waals surface area contributed by atoms with E-state index in [-0.39, 0.29) is 35.6 Å². The first-order valence-electron chi connectivity index (χ1n) is 10.5. The Kier molecular flexibility index (Phi) is 8.17. The Morgan fingerprint density at radius 2 is 1.58 bits per heavy atom. The van der Waals surface area contributed by atoms with Crippen LogP contribution >= 0.6 is 23.2 Å². The van der Waals surface area contributed by atoms with Crippen molar-refractivity contribution in [2.75, 3.05) is 26.7 Å². The van der Waals surface area contributed by atoms with Crippen LogP contribution in [0.15, 0.2) is 36.4 Å². The summed E-state index contributed by atoms with van der Waals surface area (Å²) in [5, 5.41) is 9.66. The lowest BCUT2D eigenvalue weighted by Gasteiger charge is -2.43. The number of likely N-dealkylation sites (N-methyl/N-ethyl adjacent to an activating group) is 1. The number of benzene rings is 2. The molecule has 5 nitrogen and oxygen atoms in total. The summed E-state index contributed by atoms with van der Waals surface area (Å²) in [5.74, 6) is -2.24. The molecule has 196 valence electrons. The number of alkyl halides is 6. The zero-order chi connectivity index (χ0) is 27.0. The van der Waals surface area contributed by atoms with Crippen LogP contribution in [0.1, 0.15) is 39.4 Å². The van der Waals surface area contributed by atoms with E-state index in [1.54, 1.807) is 6.07 Å². The van der Waals surface area contributed by atoms with E-state index < -0.39 is 59.4 Å². The standard InChI is InChI=1S/C23H20Cl2F6N2O3/c1-32(21(36)13-6-14(22(26,27)28)9-15(7-13)23(29,30)31)19-4-5-33(20(35)11-34)10-16(19)12-2-3-17(24)18(25)8-12/h2-3,6-9,16,19,34H,4-5,10-11H2,1H3/t16-,19+/m0/s1. The van der Waals surface area contributed by atoms with Gasteiger partial charge >= 0.3 is 12.4 Å². The minimum atomic E-state index is -5.10. The summed E-state index contributed by atoms with van der Waals surface area (Å²) in [5.41, 5.74) is -3.43. The van der Waals surface area contributed by atoms with Crippen LogP contribution in [0.3, 0.4) is 0 Å². The van der Waals surface area contributed by atoms with Crippen molar-refractivity contribution >= 4 is 35.0 Å². The molecule has 1 aliphatic rings. The summed E-state index contributed by atoms with van der Waals surface area (Å²) in [6.07, 6.45) is -10.1. The van der Waals surface area contributed by atoms with E-state index in [9.17, 15) is 41.0 Å². The van der Waals surface area contributed by atoms with Crippen LogP contribution in [0.2, 0.25) is 10.0 Å². The number of aliphatic hydroxyl groups excluding tert-OH is 1. The van der Waals surface area contributed by atoms with Crippen LogP contribution in [0, 0.1) is 0 Å².